The fourth-order valence-electron chi connectivity index (χ4n) is 1.06. The van der Waals surface area contributed by atoms with E-state index < -0.39 is 22.7 Å². The Balaban J connectivity index is 2.89. The molecule has 3 N–H and O–H groups in total. The van der Waals surface area contributed by atoms with E-state index in [2.05, 4.69) is 12.2 Å². The number of alkyl halides is 3. The van der Waals surface area contributed by atoms with E-state index >= 15 is 0 Å². The smallest absolute Gasteiger partial charge is 0.389 e. The van der Waals surface area contributed by atoms with Crippen LogP contribution in [0.5, 0.6) is 0 Å². The molecule has 0 aliphatic heterocycles. The van der Waals surface area contributed by atoms with Crippen molar-refractivity contribution in [2.45, 2.75) is 11.1 Å². The van der Waals surface area contributed by atoms with Crippen molar-refractivity contribution in [3.63, 3.8) is 0 Å². The number of sulfonamides is 1. The molecule has 0 aliphatic carbocycles. The lowest BCUT2D eigenvalue weighted by Crippen LogP contribution is -2.33. The summed E-state index contributed by atoms with van der Waals surface area (Å²) in [6.45, 7) is -1.62. The minimum atomic E-state index is -4.61. The van der Waals surface area contributed by atoms with Crippen LogP contribution in [0, 0.1) is 0 Å². The number of benzene rings is 1. The number of thiocarbonyl (C=S) groups is 1. The largest absolute Gasteiger partial charge is 0.402 e. The summed E-state index contributed by atoms with van der Waals surface area (Å²) < 4.78 is 60.1. The van der Waals surface area contributed by atoms with Crippen molar-refractivity contribution in [1.29, 1.82) is 0 Å². The molecule has 18 heavy (non-hydrogen) atoms. The van der Waals surface area contributed by atoms with Gasteiger partial charge in [-0.1, -0.05) is 24.4 Å². The quantitative estimate of drug-likeness (QED) is 0.818. The van der Waals surface area contributed by atoms with E-state index in [1.165, 1.54) is 16.9 Å². The van der Waals surface area contributed by atoms with E-state index in [1.807, 2.05) is 0 Å². The normalized spacial score (nSPS) is 12.4. The summed E-state index contributed by atoms with van der Waals surface area (Å²) >= 11 is 4.66. The Morgan fingerprint density at radius 1 is 1.28 bits per heavy atom. The summed E-state index contributed by atoms with van der Waals surface area (Å²) in [5, 5.41) is 0. The number of hydrogen-bond donors (Lipinski definition) is 2. The van der Waals surface area contributed by atoms with Crippen LogP contribution in [-0.2, 0) is 10.0 Å². The van der Waals surface area contributed by atoms with Gasteiger partial charge in [0.2, 0.25) is 10.0 Å². The molecule has 0 aliphatic rings. The molecule has 0 atom stereocenters. The maximum Gasteiger partial charge on any atom is 0.402 e. The van der Waals surface area contributed by atoms with Crippen molar-refractivity contribution in [2.24, 2.45) is 5.73 Å². The first kappa shape index (κ1) is 14.9. The monoisotopic (exact) mass is 298 g/mol. The molecule has 0 saturated heterocycles. The predicted molar refractivity (Wildman–Crippen MR) is 63.6 cm³/mol. The lowest BCUT2D eigenvalue weighted by molar-refractivity contribution is -0.121. The van der Waals surface area contributed by atoms with Gasteiger partial charge in [0.15, 0.2) is 0 Å². The van der Waals surface area contributed by atoms with E-state index in [1.54, 1.807) is 0 Å². The highest BCUT2D eigenvalue weighted by Gasteiger charge is 2.29. The molecule has 0 amide bonds. The van der Waals surface area contributed by atoms with Gasteiger partial charge >= 0.3 is 6.18 Å². The Kier molecular flexibility index (Phi) is 4.30. The molecule has 1 rings (SSSR count). The minimum absolute atomic E-state index is 0.0715. The maximum absolute atomic E-state index is 11.9. The highest BCUT2D eigenvalue weighted by molar-refractivity contribution is 7.89. The molecule has 4 nitrogen and oxygen atoms in total. The Hall–Kier alpha value is -1.19. The molecule has 0 spiro atoms. The molecule has 100 valence electrons. The third kappa shape index (κ3) is 4.24. The highest BCUT2D eigenvalue weighted by atomic mass is 32.2. The summed E-state index contributed by atoms with van der Waals surface area (Å²) in [4.78, 5) is -0.214. The molecular weight excluding hydrogens is 289 g/mol. The van der Waals surface area contributed by atoms with Crippen LogP contribution < -0.4 is 10.5 Å². The van der Waals surface area contributed by atoms with E-state index in [4.69, 9.17) is 5.73 Å². The Bertz CT molecular complexity index is 538. The number of halogens is 3. The van der Waals surface area contributed by atoms with E-state index in [0.717, 1.165) is 12.1 Å². The van der Waals surface area contributed by atoms with Gasteiger partial charge in [0.05, 0.1) is 4.90 Å². The fraction of sp³-hybridized carbons (Fsp3) is 0.222. The summed E-state index contributed by atoms with van der Waals surface area (Å²) in [5.41, 5.74) is 5.74. The van der Waals surface area contributed by atoms with E-state index in [0.29, 0.717) is 5.56 Å². The molecule has 0 aromatic heterocycles. The summed E-state index contributed by atoms with van der Waals surface area (Å²) in [6, 6.07) is 4.91. The second-order valence-corrected chi connectivity index (χ2v) is 5.54. The Labute approximate surface area is 107 Å². The Morgan fingerprint density at radius 2 is 1.78 bits per heavy atom. The van der Waals surface area contributed by atoms with Crippen molar-refractivity contribution in [3.05, 3.63) is 29.8 Å². The van der Waals surface area contributed by atoms with Gasteiger partial charge in [0, 0.05) is 5.56 Å². The zero-order valence-corrected chi connectivity index (χ0v) is 10.5. The van der Waals surface area contributed by atoms with Crippen molar-refractivity contribution in [2.75, 3.05) is 6.54 Å². The zero-order valence-electron chi connectivity index (χ0n) is 8.86. The van der Waals surface area contributed by atoms with Gasteiger partial charge in [-0.15, -0.1) is 0 Å². The van der Waals surface area contributed by atoms with Crippen LogP contribution in [0.25, 0.3) is 0 Å². The second-order valence-electron chi connectivity index (χ2n) is 3.33. The molecule has 0 heterocycles. The number of nitrogens with two attached hydrogens (primary N) is 1. The minimum Gasteiger partial charge on any atom is -0.389 e. The average molecular weight is 298 g/mol. The molecule has 1 aromatic rings. The van der Waals surface area contributed by atoms with Crippen molar-refractivity contribution >= 4 is 27.2 Å². The van der Waals surface area contributed by atoms with Crippen LogP contribution in [0.2, 0.25) is 0 Å². The van der Waals surface area contributed by atoms with Crippen LogP contribution in [0.1, 0.15) is 5.56 Å². The third-order valence-corrected chi connectivity index (χ3v) is 3.56. The van der Waals surface area contributed by atoms with Crippen LogP contribution in [-0.4, -0.2) is 26.1 Å². The predicted octanol–water partition coefficient (Wildman–Crippen LogP) is 1.16. The summed E-state index contributed by atoms with van der Waals surface area (Å²) in [7, 11) is -4.19. The molecule has 1 aromatic carbocycles. The van der Waals surface area contributed by atoms with Crippen LogP contribution in [0.15, 0.2) is 29.2 Å². The number of rotatable bonds is 4. The van der Waals surface area contributed by atoms with E-state index in [-0.39, 0.29) is 9.88 Å². The number of nitrogens with one attached hydrogen (secondary N) is 1. The maximum atomic E-state index is 11.9. The van der Waals surface area contributed by atoms with Gasteiger partial charge in [-0.2, -0.15) is 13.2 Å². The lowest BCUT2D eigenvalue weighted by Gasteiger charge is -2.09. The standard InChI is InChI=1S/C9H9F3N2O2S2/c10-9(11,12)5-14-18(15,16)7-3-1-6(2-4-7)8(13)17/h1-4,14H,5H2,(H2,13,17). The van der Waals surface area contributed by atoms with Crippen LogP contribution in [0.4, 0.5) is 13.2 Å². The number of hydrogen-bond acceptors (Lipinski definition) is 3. The molecule has 9 heteroatoms. The van der Waals surface area contributed by atoms with Crippen LogP contribution >= 0.6 is 12.2 Å². The first-order valence-corrected chi connectivity index (χ1v) is 6.47. The van der Waals surface area contributed by atoms with Crippen molar-refractivity contribution in [3.8, 4) is 0 Å². The molecule has 0 bridgehead atoms. The topological polar surface area (TPSA) is 72.2 Å². The fourth-order valence-corrected chi connectivity index (χ4v) is 2.21. The highest BCUT2D eigenvalue weighted by Crippen LogP contribution is 2.15. The van der Waals surface area contributed by atoms with Gasteiger partial charge < -0.3 is 5.73 Å². The van der Waals surface area contributed by atoms with Gasteiger partial charge in [-0.25, -0.2) is 13.1 Å². The van der Waals surface area contributed by atoms with Crippen molar-refractivity contribution in [1.82, 2.24) is 4.72 Å². The molecule has 0 radical (unpaired) electrons. The van der Waals surface area contributed by atoms with E-state index in [9.17, 15) is 21.6 Å². The van der Waals surface area contributed by atoms with Crippen LogP contribution in [0.3, 0.4) is 0 Å². The first-order chi connectivity index (χ1) is 8.12. The van der Waals surface area contributed by atoms with Gasteiger partial charge in [-0.3, -0.25) is 0 Å². The summed E-state index contributed by atoms with van der Waals surface area (Å²) in [6.07, 6.45) is -4.61. The lowest BCUT2D eigenvalue weighted by atomic mass is 10.2. The average Bonchev–Trinajstić information content (AvgIpc) is 2.26. The zero-order chi connectivity index (χ0) is 14.0. The molecule has 0 saturated carbocycles. The molecular formula is C9H9F3N2O2S2. The summed E-state index contributed by atoms with van der Waals surface area (Å²) in [5.74, 6) is 0. The second kappa shape index (κ2) is 5.21. The molecule has 0 fully saturated rings. The SMILES string of the molecule is NC(=S)c1ccc(S(=O)(=O)NCC(F)(F)F)cc1. The van der Waals surface area contributed by atoms with Gasteiger partial charge in [0.1, 0.15) is 11.5 Å². The third-order valence-electron chi connectivity index (χ3n) is 1.91. The van der Waals surface area contributed by atoms with Crippen molar-refractivity contribution < 1.29 is 21.6 Å². The first-order valence-electron chi connectivity index (χ1n) is 4.58. The van der Waals surface area contributed by atoms with Gasteiger partial charge in [0.25, 0.3) is 0 Å². The van der Waals surface area contributed by atoms with Gasteiger partial charge in [-0.05, 0) is 12.1 Å². The molecule has 0 unspecified atom stereocenters. The Morgan fingerprint density at radius 3 is 2.17 bits per heavy atom.